The van der Waals surface area contributed by atoms with Crippen LogP contribution in [0.25, 0.3) is 0 Å². The van der Waals surface area contributed by atoms with E-state index in [1.807, 2.05) is 12.1 Å². The number of hydrogen-bond donors (Lipinski definition) is 1. The molecule has 1 aromatic carbocycles. The highest BCUT2D eigenvalue weighted by atomic mass is 19.1. The summed E-state index contributed by atoms with van der Waals surface area (Å²) in [6, 6.07) is 9.90. The highest BCUT2D eigenvalue weighted by Crippen LogP contribution is 2.08. The number of benzene rings is 1. The van der Waals surface area contributed by atoms with Crippen molar-refractivity contribution in [3.63, 3.8) is 0 Å². The van der Waals surface area contributed by atoms with E-state index in [4.69, 9.17) is 4.74 Å². The topological polar surface area (TPSA) is 34.1 Å². The van der Waals surface area contributed by atoms with Crippen molar-refractivity contribution in [2.24, 2.45) is 0 Å². The molecule has 0 saturated carbocycles. The van der Waals surface area contributed by atoms with Crippen LogP contribution in [-0.4, -0.2) is 18.1 Å². The molecule has 2 rings (SSSR count). The predicted molar refractivity (Wildman–Crippen MR) is 64.6 cm³/mol. The van der Waals surface area contributed by atoms with Gasteiger partial charge in [-0.3, -0.25) is 4.98 Å². The van der Waals surface area contributed by atoms with Crippen molar-refractivity contribution in [3.8, 4) is 5.75 Å². The van der Waals surface area contributed by atoms with Gasteiger partial charge in [0, 0.05) is 18.4 Å². The highest BCUT2D eigenvalue weighted by molar-refractivity contribution is 5.42. The summed E-state index contributed by atoms with van der Waals surface area (Å²) in [5.74, 6) is 0.510. The van der Waals surface area contributed by atoms with Crippen molar-refractivity contribution in [1.29, 1.82) is 0 Å². The lowest BCUT2D eigenvalue weighted by molar-refractivity contribution is 0.331. The van der Waals surface area contributed by atoms with Crippen molar-refractivity contribution < 1.29 is 9.13 Å². The molecule has 0 aliphatic heterocycles. The minimum Gasteiger partial charge on any atom is -0.490 e. The summed E-state index contributed by atoms with van der Waals surface area (Å²) < 4.78 is 18.1. The van der Waals surface area contributed by atoms with Crippen LogP contribution >= 0.6 is 0 Å². The smallest absolute Gasteiger partial charge is 0.137 e. The molecule has 1 heterocycles. The molecule has 2 aromatic rings. The van der Waals surface area contributed by atoms with E-state index < -0.39 is 0 Å². The average Bonchev–Trinajstić information content (AvgIpc) is 2.38. The summed E-state index contributed by atoms with van der Waals surface area (Å²) in [5, 5.41) is 3.13. The molecule has 0 radical (unpaired) electrons. The van der Waals surface area contributed by atoms with Crippen molar-refractivity contribution in [1.82, 2.24) is 4.98 Å². The molecule has 17 heavy (non-hydrogen) atoms. The van der Waals surface area contributed by atoms with Gasteiger partial charge in [-0.25, -0.2) is 4.39 Å². The van der Waals surface area contributed by atoms with Crippen LogP contribution in [0.5, 0.6) is 5.75 Å². The number of ether oxygens (including phenoxy) is 1. The number of halogens is 1. The number of aromatic nitrogens is 1. The molecule has 0 bridgehead atoms. The molecular formula is C13H13FN2O. The largest absolute Gasteiger partial charge is 0.490 e. The van der Waals surface area contributed by atoms with E-state index in [0.29, 0.717) is 13.2 Å². The number of rotatable bonds is 5. The van der Waals surface area contributed by atoms with E-state index in [0.717, 1.165) is 11.4 Å². The molecule has 0 amide bonds. The van der Waals surface area contributed by atoms with Gasteiger partial charge < -0.3 is 10.1 Å². The van der Waals surface area contributed by atoms with Gasteiger partial charge in [-0.1, -0.05) is 0 Å². The van der Waals surface area contributed by atoms with Crippen LogP contribution in [0.3, 0.4) is 0 Å². The summed E-state index contributed by atoms with van der Waals surface area (Å²) in [6.45, 7) is 1.18. The Kier molecular flexibility index (Phi) is 3.91. The standard InChI is InChI=1S/C13H13FN2O/c14-11-3-5-12(6-4-11)16-8-9-17-13-2-1-7-15-10-13/h1-7,10,16H,8-9H2. The summed E-state index contributed by atoms with van der Waals surface area (Å²) in [6.07, 6.45) is 3.36. The summed E-state index contributed by atoms with van der Waals surface area (Å²) in [7, 11) is 0. The van der Waals surface area contributed by atoms with Gasteiger partial charge in [-0.05, 0) is 36.4 Å². The Morgan fingerprint density at radius 3 is 2.71 bits per heavy atom. The molecule has 4 heteroatoms. The number of anilines is 1. The Balaban J connectivity index is 1.71. The fourth-order valence-electron chi connectivity index (χ4n) is 1.36. The third kappa shape index (κ3) is 3.75. The van der Waals surface area contributed by atoms with Gasteiger partial charge in [0.25, 0.3) is 0 Å². The van der Waals surface area contributed by atoms with Gasteiger partial charge in [-0.2, -0.15) is 0 Å². The van der Waals surface area contributed by atoms with Crippen molar-refractivity contribution in [2.75, 3.05) is 18.5 Å². The molecule has 0 aliphatic rings. The minimum absolute atomic E-state index is 0.234. The normalized spacial score (nSPS) is 9.94. The van der Waals surface area contributed by atoms with E-state index in [2.05, 4.69) is 10.3 Å². The Morgan fingerprint density at radius 1 is 1.18 bits per heavy atom. The fraction of sp³-hybridized carbons (Fsp3) is 0.154. The van der Waals surface area contributed by atoms with Crippen molar-refractivity contribution in [3.05, 3.63) is 54.6 Å². The lowest BCUT2D eigenvalue weighted by Gasteiger charge is -2.07. The van der Waals surface area contributed by atoms with Gasteiger partial charge >= 0.3 is 0 Å². The van der Waals surface area contributed by atoms with Crippen LogP contribution < -0.4 is 10.1 Å². The second-order valence-electron chi connectivity index (χ2n) is 3.47. The Labute approximate surface area is 99.3 Å². The van der Waals surface area contributed by atoms with Crippen molar-refractivity contribution >= 4 is 5.69 Å². The van der Waals surface area contributed by atoms with Crippen LogP contribution in [0.4, 0.5) is 10.1 Å². The lowest BCUT2D eigenvalue weighted by Crippen LogP contribution is -2.11. The van der Waals surface area contributed by atoms with Crippen LogP contribution in [0, 0.1) is 5.82 Å². The second-order valence-corrected chi connectivity index (χ2v) is 3.47. The zero-order valence-corrected chi connectivity index (χ0v) is 9.27. The maximum Gasteiger partial charge on any atom is 0.137 e. The molecule has 88 valence electrons. The third-order valence-electron chi connectivity index (χ3n) is 2.18. The summed E-state index contributed by atoms with van der Waals surface area (Å²) in [4.78, 5) is 3.94. The van der Waals surface area contributed by atoms with Gasteiger partial charge in [0.1, 0.15) is 18.2 Å². The first kappa shape index (κ1) is 11.4. The quantitative estimate of drug-likeness (QED) is 0.805. The average molecular weight is 232 g/mol. The van der Waals surface area contributed by atoms with Gasteiger partial charge in [0.15, 0.2) is 0 Å². The van der Waals surface area contributed by atoms with Gasteiger partial charge in [0.05, 0.1) is 6.20 Å². The maximum atomic E-state index is 12.6. The number of nitrogens with one attached hydrogen (secondary N) is 1. The SMILES string of the molecule is Fc1ccc(NCCOc2cccnc2)cc1. The molecule has 0 atom stereocenters. The number of nitrogens with zero attached hydrogens (tertiary/aromatic N) is 1. The van der Waals surface area contributed by atoms with Crippen LogP contribution in [-0.2, 0) is 0 Å². The molecule has 0 saturated heterocycles. The molecule has 0 fully saturated rings. The first-order valence-electron chi connectivity index (χ1n) is 5.37. The van der Waals surface area contributed by atoms with E-state index >= 15 is 0 Å². The van der Waals surface area contributed by atoms with Crippen LogP contribution in [0.2, 0.25) is 0 Å². The minimum atomic E-state index is -0.234. The zero-order valence-electron chi connectivity index (χ0n) is 9.27. The van der Waals surface area contributed by atoms with Gasteiger partial charge in [-0.15, -0.1) is 0 Å². The number of pyridine rings is 1. The Morgan fingerprint density at radius 2 is 2.00 bits per heavy atom. The molecule has 0 spiro atoms. The zero-order chi connectivity index (χ0) is 11.9. The molecule has 0 unspecified atom stereocenters. The monoisotopic (exact) mass is 232 g/mol. The van der Waals surface area contributed by atoms with Crippen molar-refractivity contribution in [2.45, 2.75) is 0 Å². The Hall–Kier alpha value is -2.10. The Bertz CT molecular complexity index is 445. The van der Waals surface area contributed by atoms with E-state index in [1.165, 1.54) is 12.1 Å². The van der Waals surface area contributed by atoms with E-state index in [-0.39, 0.29) is 5.82 Å². The summed E-state index contributed by atoms with van der Waals surface area (Å²) >= 11 is 0. The van der Waals surface area contributed by atoms with E-state index in [1.54, 1.807) is 24.5 Å². The molecule has 0 aliphatic carbocycles. The summed E-state index contributed by atoms with van der Waals surface area (Å²) in [5.41, 5.74) is 0.876. The second kappa shape index (κ2) is 5.84. The van der Waals surface area contributed by atoms with Crippen LogP contribution in [0.15, 0.2) is 48.8 Å². The van der Waals surface area contributed by atoms with Crippen LogP contribution in [0.1, 0.15) is 0 Å². The van der Waals surface area contributed by atoms with Gasteiger partial charge in [0.2, 0.25) is 0 Å². The first-order valence-corrected chi connectivity index (χ1v) is 5.37. The molecule has 3 nitrogen and oxygen atoms in total. The molecule has 1 aromatic heterocycles. The number of hydrogen-bond acceptors (Lipinski definition) is 3. The highest BCUT2D eigenvalue weighted by Gasteiger charge is 1.94. The third-order valence-corrected chi connectivity index (χ3v) is 2.18. The maximum absolute atomic E-state index is 12.6. The molecule has 1 N–H and O–H groups in total. The predicted octanol–water partition coefficient (Wildman–Crippen LogP) is 2.71. The fourth-order valence-corrected chi connectivity index (χ4v) is 1.36. The molecular weight excluding hydrogens is 219 g/mol. The first-order chi connectivity index (χ1) is 8.34. The van der Waals surface area contributed by atoms with E-state index in [9.17, 15) is 4.39 Å². The lowest BCUT2D eigenvalue weighted by atomic mass is 10.3.